The Labute approximate surface area is 114 Å². The van der Waals surface area contributed by atoms with Gasteiger partial charge in [0.25, 0.3) is 0 Å². The third-order valence-corrected chi connectivity index (χ3v) is 5.77. The summed E-state index contributed by atoms with van der Waals surface area (Å²) in [6, 6.07) is 0. The summed E-state index contributed by atoms with van der Waals surface area (Å²) in [6.07, 6.45) is 9.03. The van der Waals surface area contributed by atoms with Crippen LogP contribution in [0.15, 0.2) is 0 Å². The Morgan fingerprint density at radius 1 is 1.24 bits per heavy atom. The van der Waals surface area contributed by atoms with Crippen LogP contribution in [0.5, 0.6) is 0 Å². The standard InChI is InChI=1S/C14H26BrNO/c1-16(9-12-7-13(17)8-12)11-14(10-15)5-3-2-4-6-14/h12-13,17H,2-11H2,1H3. The molecule has 0 radical (unpaired) electrons. The van der Waals surface area contributed by atoms with Gasteiger partial charge in [-0.05, 0) is 44.1 Å². The van der Waals surface area contributed by atoms with Gasteiger partial charge in [0.2, 0.25) is 0 Å². The molecule has 17 heavy (non-hydrogen) atoms. The van der Waals surface area contributed by atoms with Crippen LogP contribution in [-0.2, 0) is 0 Å². The van der Waals surface area contributed by atoms with Crippen LogP contribution in [0.2, 0.25) is 0 Å². The highest BCUT2D eigenvalue weighted by Gasteiger charge is 2.34. The summed E-state index contributed by atoms with van der Waals surface area (Å²) in [6.45, 7) is 2.40. The van der Waals surface area contributed by atoms with Gasteiger partial charge in [-0.15, -0.1) is 0 Å². The third kappa shape index (κ3) is 3.68. The molecule has 0 aromatic carbocycles. The molecule has 0 saturated heterocycles. The number of aliphatic hydroxyl groups is 1. The van der Waals surface area contributed by atoms with Crippen molar-refractivity contribution in [1.82, 2.24) is 4.90 Å². The van der Waals surface area contributed by atoms with Gasteiger partial charge in [0, 0.05) is 18.4 Å². The molecule has 0 amide bonds. The molecule has 2 rings (SSSR count). The van der Waals surface area contributed by atoms with Crippen LogP contribution in [0.25, 0.3) is 0 Å². The van der Waals surface area contributed by atoms with Gasteiger partial charge in [-0.2, -0.15) is 0 Å². The van der Waals surface area contributed by atoms with E-state index in [-0.39, 0.29) is 6.10 Å². The van der Waals surface area contributed by atoms with E-state index in [9.17, 15) is 5.11 Å². The molecule has 0 aliphatic heterocycles. The van der Waals surface area contributed by atoms with E-state index in [2.05, 4.69) is 27.9 Å². The zero-order valence-corrected chi connectivity index (χ0v) is 12.6. The second-order valence-electron chi connectivity index (χ2n) is 6.38. The maximum Gasteiger partial charge on any atom is 0.0546 e. The molecule has 2 saturated carbocycles. The number of hydrogen-bond acceptors (Lipinski definition) is 2. The summed E-state index contributed by atoms with van der Waals surface area (Å²) in [5, 5.41) is 10.5. The third-order valence-electron chi connectivity index (χ3n) is 4.58. The molecule has 0 aromatic heterocycles. The van der Waals surface area contributed by atoms with Gasteiger partial charge in [0.05, 0.1) is 6.10 Å². The van der Waals surface area contributed by atoms with E-state index in [4.69, 9.17) is 0 Å². The molecule has 2 aliphatic carbocycles. The Kier molecular flexibility index (Phi) is 4.90. The van der Waals surface area contributed by atoms with Gasteiger partial charge in [0.1, 0.15) is 0 Å². The minimum absolute atomic E-state index is 0.00628. The Balaban J connectivity index is 1.77. The van der Waals surface area contributed by atoms with Gasteiger partial charge in [-0.1, -0.05) is 35.2 Å². The molecular formula is C14H26BrNO. The molecule has 0 spiro atoms. The molecule has 100 valence electrons. The molecule has 3 heteroatoms. The van der Waals surface area contributed by atoms with E-state index in [0.717, 1.165) is 24.1 Å². The van der Waals surface area contributed by atoms with Gasteiger partial charge in [0.15, 0.2) is 0 Å². The van der Waals surface area contributed by atoms with Crippen molar-refractivity contribution in [3.05, 3.63) is 0 Å². The second kappa shape index (κ2) is 6.03. The van der Waals surface area contributed by atoms with E-state index in [0.29, 0.717) is 5.41 Å². The number of hydrogen-bond donors (Lipinski definition) is 1. The van der Waals surface area contributed by atoms with E-state index in [1.807, 2.05) is 0 Å². The number of aliphatic hydroxyl groups excluding tert-OH is 1. The highest BCUT2D eigenvalue weighted by Crippen LogP contribution is 2.39. The van der Waals surface area contributed by atoms with E-state index >= 15 is 0 Å². The van der Waals surface area contributed by atoms with Gasteiger partial charge >= 0.3 is 0 Å². The largest absolute Gasteiger partial charge is 0.393 e. The lowest BCUT2D eigenvalue weighted by molar-refractivity contribution is 0.0205. The Morgan fingerprint density at radius 2 is 1.88 bits per heavy atom. The molecule has 2 nitrogen and oxygen atoms in total. The maximum absolute atomic E-state index is 9.32. The summed E-state index contributed by atoms with van der Waals surface area (Å²) in [7, 11) is 2.25. The molecule has 0 atom stereocenters. The number of alkyl halides is 1. The average Bonchev–Trinajstić information content (AvgIpc) is 2.28. The highest BCUT2D eigenvalue weighted by atomic mass is 79.9. The van der Waals surface area contributed by atoms with Crippen molar-refractivity contribution < 1.29 is 5.11 Å². The van der Waals surface area contributed by atoms with Crippen molar-refractivity contribution in [1.29, 1.82) is 0 Å². The Bertz CT molecular complexity index is 234. The molecule has 2 aliphatic rings. The lowest BCUT2D eigenvalue weighted by Gasteiger charge is -2.41. The number of rotatable bonds is 5. The van der Waals surface area contributed by atoms with Crippen molar-refractivity contribution in [2.45, 2.75) is 51.0 Å². The summed E-state index contributed by atoms with van der Waals surface area (Å²) in [5.41, 5.74) is 0.523. The second-order valence-corrected chi connectivity index (χ2v) is 6.94. The van der Waals surface area contributed by atoms with Gasteiger partial charge in [-0.25, -0.2) is 0 Å². The van der Waals surface area contributed by atoms with Crippen LogP contribution in [0, 0.1) is 11.3 Å². The van der Waals surface area contributed by atoms with Crippen LogP contribution < -0.4 is 0 Å². The molecule has 0 heterocycles. The maximum atomic E-state index is 9.32. The predicted molar refractivity (Wildman–Crippen MR) is 75.5 cm³/mol. The normalized spacial score (nSPS) is 32.5. The first-order chi connectivity index (χ1) is 8.13. The van der Waals surface area contributed by atoms with Crippen molar-refractivity contribution in [2.24, 2.45) is 11.3 Å². The van der Waals surface area contributed by atoms with Crippen molar-refractivity contribution in [2.75, 3.05) is 25.5 Å². The molecule has 2 fully saturated rings. The van der Waals surface area contributed by atoms with Crippen LogP contribution in [0.1, 0.15) is 44.9 Å². The van der Waals surface area contributed by atoms with E-state index in [1.165, 1.54) is 45.2 Å². The first kappa shape index (κ1) is 13.8. The number of halogens is 1. The molecule has 0 bridgehead atoms. The summed E-state index contributed by atoms with van der Waals surface area (Å²) < 4.78 is 0. The minimum Gasteiger partial charge on any atom is -0.393 e. The van der Waals surface area contributed by atoms with Crippen LogP contribution in [-0.4, -0.2) is 41.6 Å². The van der Waals surface area contributed by atoms with E-state index < -0.39 is 0 Å². The average molecular weight is 304 g/mol. The Hall–Kier alpha value is 0.400. The quantitative estimate of drug-likeness (QED) is 0.789. The molecule has 0 unspecified atom stereocenters. The zero-order valence-electron chi connectivity index (χ0n) is 11.0. The molecule has 1 N–H and O–H groups in total. The molecule has 0 aromatic rings. The first-order valence-corrected chi connectivity index (χ1v) is 8.18. The lowest BCUT2D eigenvalue weighted by Crippen LogP contribution is -2.43. The fourth-order valence-electron chi connectivity index (χ4n) is 3.56. The minimum atomic E-state index is -0.00628. The summed E-state index contributed by atoms with van der Waals surface area (Å²) in [4.78, 5) is 2.50. The van der Waals surface area contributed by atoms with Gasteiger partial charge < -0.3 is 10.0 Å². The Morgan fingerprint density at radius 3 is 2.41 bits per heavy atom. The van der Waals surface area contributed by atoms with Crippen molar-refractivity contribution >= 4 is 15.9 Å². The topological polar surface area (TPSA) is 23.5 Å². The smallest absolute Gasteiger partial charge is 0.0546 e. The number of nitrogens with zero attached hydrogens (tertiary/aromatic N) is 1. The highest BCUT2D eigenvalue weighted by molar-refractivity contribution is 9.09. The lowest BCUT2D eigenvalue weighted by atomic mass is 9.75. The first-order valence-electron chi connectivity index (χ1n) is 7.06. The summed E-state index contributed by atoms with van der Waals surface area (Å²) >= 11 is 3.74. The zero-order chi connectivity index (χ0) is 12.3. The van der Waals surface area contributed by atoms with Crippen LogP contribution in [0.4, 0.5) is 0 Å². The fourth-order valence-corrected chi connectivity index (χ4v) is 4.30. The summed E-state index contributed by atoms with van der Waals surface area (Å²) in [5.74, 6) is 0.742. The SMILES string of the molecule is CN(CC1CC(O)C1)CC1(CBr)CCCCC1. The van der Waals surface area contributed by atoms with Crippen molar-refractivity contribution in [3.8, 4) is 0 Å². The van der Waals surface area contributed by atoms with Crippen LogP contribution in [0.3, 0.4) is 0 Å². The van der Waals surface area contributed by atoms with Crippen molar-refractivity contribution in [3.63, 3.8) is 0 Å². The monoisotopic (exact) mass is 303 g/mol. The van der Waals surface area contributed by atoms with Gasteiger partial charge in [-0.3, -0.25) is 0 Å². The van der Waals surface area contributed by atoms with E-state index in [1.54, 1.807) is 0 Å². The van der Waals surface area contributed by atoms with Crippen LogP contribution >= 0.6 is 15.9 Å². The molecular weight excluding hydrogens is 278 g/mol. The fraction of sp³-hybridized carbons (Fsp3) is 1.00. The predicted octanol–water partition coefficient (Wildman–Crippen LogP) is 3.03.